The molecule has 2 rings (SSSR count). The van der Waals surface area contributed by atoms with Crippen LogP contribution in [0.25, 0.3) is 0 Å². The SMILES string of the molecule is CCOC(=O)CNC(=O)[C@H]1CC(=O)N(CCc2ccc(F)cc2)C1. The zero-order chi connectivity index (χ0) is 17.5. The van der Waals surface area contributed by atoms with Crippen molar-refractivity contribution in [3.05, 3.63) is 35.6 Å². The summed E-state index contributed by atoms with van der Waals surface area (Å²) >= 11 is 0. The zero-order valence-electron chi connectivity index (χ0n) is 13.6. The van der Waals surface area contributed by atoms with Crippen molar-refractivity contribution in [2.45, 2.75) is 19.8 Å². The first-order valence-corrected chi connectivity index (χ1v) is 7.95. The monoisotopic (exact) mass is 336 g/mol. The van der Waals surface area contributed by atoms with E-state index in [2.05, 4.69) is 5.32 Å². The highest BCUT2D eigenvalue weighted by atomic mass is 19.1. The van der Waals surface area contributed by atoms with E-state index >= 15 is 0 Å². The molecule has 1 aromatic rings. The number of amides is 2. The van der Waals surface area contributed by atoms with Gasteiger partial charge in [0.1, 0.15) is 12.4 Å². The molecule has 0 aliphatic carbocycles. The average Bonchev–Trinajstić information content (AvgIpc) is 2.93. The van der Waals surface area contributed by atoms with E-state index in [0.717, 1.165) is 5.56 Å². The van der Waals surface area contributed by atoms with E-state index < -0.39 is 11.9 Å². The number of halogens is 1. The third-order valence-corrected chi connectivity index (χ3v) is 3.88. The van der Waals surface area contributed by atoms with Crippen molar-refractivity contribution in [1.29, 1.82) is 0 Å². The fourth-order valence-corrected chi connectivity index (χ4v) is 2.59. The summed E-state index contributed by atoms with van der Waals surface area (Å²) < 4.78 is 17.6. The fourth-order valence-electron chi connectivity index (χ4n) is 2.59. The Morgan fingerprint density at radius 1 is 1.33 bits per heavy atom. The predicted molar refractivity (Wildman–Crippen MR) is 84.4 cm³/mol. The highest BCUT2D eigenvalue weighted by Crippen LogP contribution is 2.18. The van der Waals surface area contributed by atoms with Gasteiger partial charge in [-0.05, 0) is 31.0 Å². The second kappa shape index (κ2) is 8.42. The van der Waals surface area contributed by atoms with Crippen LogP contribution in [0.2, 0.25) is 0 Å². The normalized spacial score (nSPS) is 17.0. The van der Waals surface area contributed by atoms with E-state index in [0.29, 0.717) is 19.5 Å². The minimum absolute atomic E-state index is 0.0894. The molecule has 24 heavy (non-hydrogen) atoms. The molecule has 1 aromatic carbocycles. The van der Waals surface area contributed by atoms with Crippen molar-refractivity contribution in [2.24, 2.45) is 5.92 Å². The number of benzene rings is 1. The highest BCUT2D eigenvalue weighted by molar-refractivity contribution is 5.90. The molecule has 0 radical (unpaired) electrons. The molecule has 0 bridgehead atoms. The number of nitrogens with one attached hydrogen (secondary N) is 1. The molecule has 1 heterocycles. The number of hydrogen-bond donors (Lipinski definition) is 1. The number of carbonyl (C=O) groups is 3. The molecule has 1 aliphatic rings. The van der Waals surface area contributed by atoms with Crippen molar-refractivity contribution in [2.75, 3.05) is 26.2 Å². The summed E-state index contributed by atoms with van der Waals surface area (Å²) in [6, 6.07) is 6.12. The maximum Gasteiger partial charge on any atom is 0.325 e. The van der Waals surface area contributed by atoms with Crippen LogP contribution >= 0.6 is 0 Å². The lowest BCUT2D eigenvalue weighted by Gasteiger charge is -2.16. The number of nitrogens with zero attached hydrogens (tertiary/aromatic N) is 1. The Kier molecular flexibility index (Phi) is 6.28. The maximum atomic E-state index is 12.9. The topological polar surface area (TPSA) is 75.7 Å². The van der Waals surface area contributed by atoms with Crippen LogP contribution in [0.1, 0.15) is 18.9 Å². The molecule has 6 nitrogen and oxygen atoms in total. The number of hydrogen-bond acceptors (Lipinski definition) is 4. The van der Waals surface area contributed by atoms with Crippen LogP contribution in [-0.4, -0.2) is 48.9 Å². The van der Waals surface area contributed by atoms with Crippen LogP contribution in [0.4, 0.5) is 4.39 Å². The second-order valence-corrected chi connectivity index (χ2v) is 5.64. The molecule has 0 spiro atoms. The molecule has 7 heteroatoms. The number of rotatable bonds is 7. The second-order valence-electron chi connectivity index (χ2n) is 5.64. The molecule has 2 amide bonds. The van der Waals surface area contributed by atoms with E-state index in [1.54, 1.807) is 24.0 Å². The first kappa shape index (κ1) is 17.9. The van der Waals surface area contributed by atoms with Crippen molar-refractivity contribution in [1.82, 2.24) is 10.2 Å². The maximum absolute atomic E-state index is 12.9. The van der Waals surface area contributed by atoms with Crippen molar-refractivity contribution < 1.29 is 23.5 Å². The van der Waals surface area contributed by atoms with Gasteiger partial charge in [0.25, 0.3) is 0 Å². The quantitative estimate of drug-likeness (QED) is 0.751. The molecule has 1 N–H and O–H groups in total. The number of esters is 1. The predicted octanol–water partition coefficient (Wildman–Crippen LogP) is 0.896. The third kappa shape index (κ3) is 5.04. The minimum atomic E-state index is -0.497. The van der Waals surface area contributed by atoms with Crippen LogP contribution in [-0.2, 0) is 25.5 Å². The third-order valence-electron chi connectivity index (χ3n) is 3.88. The summed E-state index contributed by atoms with van der Waals surface area (Å²) in [6.07, 6.45) is 0.737. The minimum Gasteiger partial charge on any atom is -0.465 e. The van der Waals surface area contributed by atoms with Crippen molar-refractivity contribution in [3.63, 3.8) is 0 Å². The number of carbonyl (C=O) groups excluding carboxylic acids is 3. The molecule has 1 aliphatic heterocycles. The number of ether oxygens (including phenoxy) is 1. The van der Waals surface area contributed by atoms with Gasteiger partial charge in [-0.15, -0.1) is 0 Å². The van der Waals surface area contributed by atoms with Gasteiger partial charge in [0.15, 0.2) is 0 Å². The summed E-state index contributed by atoms with van der Waals surface area (Å²) in [5.41, 5.74) is 0.930. The molecule has 1 fully saturated rings. The van der Waals surface area contributed by atoms with E-state index in [1.807, 2.05) is 0 Å². The molecular formula is C17H21FN2O4. The summed E-state index contributed by atoms with van der Waals surface area (Å²) in [5.74, 6) is -1.66. The molecule has 0 unspecified atom stereocenters. The van der Waals surface area contributed by atoms with E-state index in [1.165, 1.54) is 12.1 Å². The molecule has 130 valence electrons. The first-order chi connectivity index (χ1) is 11.5. The van der Waals surface area contributed by atoms with Crippen molar-refractivity contribution >= 4 is 17.8 Å². The molecule has 0 saturated carbocycles. The first-order valence-electron chi connectivity index (χ1n) is 7.95. The van der Waals surface area contributed by atoms with Gasteiger partial charge in [-0.3, -0.25) is 14.4 Å². The van der Waals surface area contributed by atoms with Gasteiger partial charge >= 0.3 is 5.97 Å². The highest BCUT2D eigenvalue weighted by Gasteiger charge is 2.34. The Morgan fingerprint density at radius 3 is 2.71 bits per heavy atom. The Morgan fingerprint density at radius 2 is 2.04 bits per heavy atom. The summed E-state index contributed by atoms with van der Waals surface area (Å²) in [6.45, 7) is 2.57. The lowest BCUT2D eigenvalue weighted by Crippen LogP contribution is -2.36. The lowest BCUT2D eigenvalue weighted by molar-refractivity contribution is -0.143. The van der Waals surface area contributed by atoms with Gasteiger partial charge in [-0.1, -0.05) is 12.1 Å². The number of likely N-dealkylation sites (tertiary alicyclic amines) is 1. The Hall–Kier alpha value is -2.44. The largest absolute Gasteiger partial charge is 0.465 e. The lowest BCUT2D eigenvalue weighted by atomic mass is 10.1. The average molecular weight is 336 g/mol. The fraction of sp³-hybridized carbons (Fsp3) is 0.471. The summed E-state index contributed by atoms with van der Waals surface area (Å²) in [4.78, 5) is 36.9. The van der Waals surface area contributed by atoms with Crippen molar-refractivity contribution in [3.8, 4) is 0 Å². The van der Waals surface area contributed by atoms with Gasteiger partial charge in [0.05, 0.1) is 12.5 Å². The van der Waals surface area contributed by atoms with E-state index in [9.17, 15) is 18.8 Å². The van der Waals surface area contributed by atoms with Gasteiger partial charge in [-0.2, -0.15) is 0 Å². The summed E-state index contributed by atoms with van der Waals surface area (Å²) in [7, 11) is 0. The Balaban J connectivity index is 1.78. The standard InChI is InChI=1S/C17H21FN2O4/c1-2-24-16(22)10-19-17(23)13-9-15(21)20(11-13)8-7-12-3-5-14(18)6-4-12/h3-6,13H,2,7-11H2,1H3,(H,19,23)/t13-/m0/s1. The van der Waals surface area contributed by atoms with Crippen LogP contribution in [0.3, 0.4) is 0 Å². The van der Waals surface area contributed by atoms with Crippen LogP contribution < -0.4 is 5.32 Å². The van der Waals surface area contributed by atoms with E-state index in [-0.39, 0.29) is 37.2 Å². The van der Waals surface area contributed by atoms with Crippen LogP contribution in [0, 0.1) is 11.7 Å². The van der Waals surface area contributed by atoms with Crippen LogP contribution in [0.5, 0.6) is 0 Å². The van der Waals surface area contributed by atoms with Crippen LogP contribution in [0.15, 0.2) is 24.3 Å². The van der Waals surface area contributed by atoms with Gasteiger partial charge in [-0.25, -0.2) is 4.39 Å². The van der Waals surface area contributed by atoms with E-state index in [4.69, 9.17) is 4.74 Å². The Labute approximate surface area is 140 Å². The van der Waals surface area contributed by atoms with Gasteiger partial charge in [0.2, 0.25) is 11.8 Å². The van der Waals surface area contributed by atoms with Gasteiger partial charge < -0.3 is 15.0 Å². The zero-order valence-corrected chi connectivity index (χ0v) is 13.6. The molecular weight excluding hydrogens is 315 g/mol. The molecule has 0 aromatic heterocycles. The van der Waals surface area contributed by atoms with Gasteiger partial charge in [0, 0.05) is 19.5 Å². The smallest absolute Gasteiger partial charge is 0.325 e. The molecule has 1 saturated heterocycles. The summed E-state index contributed by atoms with van der Waals surface area (Å²) in [5, 5.41) is 2.50. The Bertz CT molecular complexity index is 603. The molecule has 1 atom stereocenters.